The van der Waals surface area contributed by atoms with Crippen molar-refractivity contribution in [2.75, 3.05) is 6.61 Å². The Kier molecular flexibility index (Phi) is 3.40. The molecule has 1 N–H and O–H groups in total. The van der Waals surface area contributed by atoms with Crippen molar-refractivity contribution in [1.29, 1.82) is 0 Å². The van der Waals surface area contributed by atoms with Crippen LogP contribution in [0.5, 0.6) is 0 Å². The first-order valence-electron chi connectivity index (χ1n) is 3.59. The minimum atomic E-state index is 0. The van der Waals surface area contributed by atoms with E-state index >= 15 is 0 Å². The summed E-state index contributed by atoms with van der Waals surface area (Å²) in [7, 11) is 0. The van der Waals surface area contributed by atoms with Gasteiger partial charge in [0.1, 0.15) is 6.33 Å². The molecule has 5 heteroatoms. The second-order valence-electron chi connectivity index (χ2n) is 2.48. The summed E-state index contributed by atoms with van der Waals surface area (Å²) in [6, 6.07) is 0.274. The van der Waals surface area contributed by atoms with Crippen molar-refractivity contribution >= 4 is 12.4 Å². The molecule has 1 atom stereocenters. The summed E-state index contributed by atoms with van der Waals surface area (Å²) in [6.45, 7) is 0.763. The third kappa shape index (κ3) is 1.91. The number of halogens is 1. The van der Waals surface area contributed by atoms with Crippen molar-refractivity contribution in [3.8, 4) is 0 Å². The molecular weight excluding hydrogens is 178 g/mol. The Morgan fingerprint density at radius 2 is 2.17 bits per heavy atom. The molecule has 1 aliphatic rings. The molecule has 0 saturated carbocycles. The predicted molar refractivity (Wildman–Crippen MR) is 45.7 cm³/mol. The molecule has 66 valence electrons. The Morgan fingerprint density at radius 3 is 2.75 bits per heavy atom. The van der Waals surface area contributed by atoms with Crippen LogP contribution in [0.3, 0.4) is 0 Å². The van der Waals surface area contributed by atoms with E-state index in [4.69, 9.17) is 4.84 Å². The lowest BCUT2D eigenvalue weighted by molar-refractivity contribution is 0.0882. The molecular formula is C7H10ClN3O. The van der Waals surface area contributed by atoms with Gasteiger partial charge in [-0.3, -0.25) is 0 Å². The van der Waals surface area contributed by atoms with Gasteiger partial charge in [-0.25, -0.2) is 9.97 Å². The first kappa shape index (κ1) is 9.38. The van der Waals surface area contributed by atoms with Crippen molar-refractivity contribution in [3.05, 3.63) is 24.3 Å². The molecule has 1 aromatic heterocycles. The highest BCUT2D eigenvalue weighted by Gasteiger charge is 2.16. The van der Waals surface area contributed by atoms with E-state index in [1.165, 1.54) is 6.33 Å². The van der Waals surface area contributed by atoms with Gasteiger partial charge in [-0.15, -0.1) is 12.4 Å². The highest BCUT2D eigenvalue weighted by atomic mass is 35.5. The molecule has 1 aromatic rings. The van der Waals surface area contributed by atoms with E-state index in [-0.39, 0.29) is 18.4 Å². The number of hydrogen-bond acceptors (Lipinski definition) is 4. The average molecular weight is 188 g/mol. The summed E-state index contributed by atoms with van der Waals surface area (Å²) < 4.78 is 0. The van der Waals surface area contributed by atoms with Crippen LogP contribution in [0.2, 0.25) is 0 Å². The maximum absolute atomic E-state index is 5.01. The normalized spacial score (nSPS) is 21.8. The molecule has 1 unspecified atom stereocenters. The molecule has 0 bridgehead atoms. The smallest absolute Gasteiger partial charge is 0.115 e. The van der Waals surface area contributed by atoms with E-state index in [0.717, 1.165) is 18.6 Å². The minimum Gasteiger partial charge on any atom is -0.301 e. The van der Waals surface area contributed by atoms with Crippen LogP contribution in [-0.2, 0) is 4.84 Å². The summed E-state index contributed by atoms with van der Waals surface area (Å²) in [5, 5.41) is 0. The minimum absolute atomic E-state index is 0. The molecule has 2 rings (SSSR count). The predicted octanol–water partition coefficient (Wildman–Crippen LogP) is 0.864. The summed E-state index contributed by atoms with van der Waals surface area (Å²) in [6.07, 6.45) is 6.13. The number of hydrogen-bond donors (Lipinski definition) is 1. The first-order chi connectivity index (χ1) is 5.47. The number of aromatic nitrogens is 2. The van der Waals surface area contributed by atoms with Gasteiger partial charge in [0.2, 0.25) is 0 Å². The first-order valence-corrected chi connectivity index (χ1v) is 3.59. The lowest BCUT2D eigenvalue weighted by atomic mass is 10.1. The topological polar surface area (TPSA) is 47.0 Å². The van der Waals surface area contributed by atoms with Crippen LogP contribution < -0.4 is 5.48 Å². The quantitative estimate of drug-likeness (QED) is 0.709. The highest BCUT2D eigenvalue weighted by Crippen LogP contribution is 2.18. The van der Waals surface area contributed by atoms with Crippen molar-refractivity contribution in [2.45, 2.75) is 12.5 Å². The SMILES string of the molecule is Cl.c1ncc(C2CCON2)cn1. The standard InChI is InChI=1S/C7H9N3O.ClH/c1-2-11-10-7(1)6-3-8-5-9-4-6;/h3-5,7,10H,1-2H2;1H. The molecule has 0 amide bonds. The van der Waals surface area contributed by atoms with Gasteiger partial charge in [0.25, 0.3) is 0 Å². The highest BCUT2D eigenvalue weighted by molar-refractivity contribution is 5.85. The molecule has 0 aromatic carbocycles. The van der Waals surface area contributed by atoms with E-state index in [1.807, 2.05) is 0 Å². The fourth-order valence-electron chi connectivity index (χ4n) is 1.12. The van der Waals surface area contributed by atoms with Crippen LogP contribution in [0, 0.1) is 0 Å². The lowest BCUT2D eigenvalue weighted by Gasteiger charge is -2.05. The van der Waals surface area contributed by atoms with E-state index in [0.29, 0.717) is 0 Å². The van der Waals surface area contributed by atoms with Crippen molar-refractivity contribution in [1.82, 2.24) is 15.4 Å². The zero-order valence-electron chi connectivity index (χ0n) is 6.43. The van der Waals surface area contributed by atoms with Crippen molar-refractivity contribution in [2.24, 2.45) is 0 Å². The molecule has 1 saturated heterocycles. The average Bonchev–Trinajstić information content (AvgIpc) is 2.58. The second-order valence-corrected chi connectivity index (χ2v) is 2.48. The second kappa shape index (κ2) is 4.35. The summed E-state index contributed by atoms with van der Waals surface area (Å²) in [4.78, 5) is 12.9. The monoisotopic (exact) mass is 187 g/mol. The van der Waals surface area contributed by atoms with Crippen LogP contribution in [0.15, 0.2) is 18.7 Å². The Hall–Kier alpha value is -0.710. The van der Waals surface area contributed by atoms with Gasteiger partial charge in [0.05, 0.1) is 12.6 Å². The van der Waals surface area contributed by atoms with Gasteiger partial charge in [0.15, 0.2) is 0 Å². The molecule has 12 heavy (non-hydrogen) atoms. The maximum Gasteiger partial charge on any atom is 0.115 e. The van der Waals surface area contributed by atoms with E-state index in [9.17, 15) is 0 Å². The largest absolute Gasteiger partial charge is 0.301 e. The third-order valence-electron chi connectivity index (χ3n) is 1.72. The van der Waals surface area contributed by atoms with Crippen LogP contribution in [-0.4, -0.2) is 16.6 Å². The summed E-state index contributed by atoms with van der Waals surface area (Å²) in [5.74, 6) is 0. The third-order valence-corrected chi connectivity index (χ3v) is 1.72. The fraction of sp³-hybridized carbons (Fsp3) is 0.429. The van der Waals surface area contributed by atoms with Gasteiger partial charge in [-0.1, -0.05) is 0 Å². The number of nitrogens with zero attached hydrogens (tertiary/aromatic N) is 2. The van der Waals surface area contributed by atoms with Crippen molar-refractivity contribution in [3.63, 3.8) is 0 Å². The van der Waals surface area contributed by atoms with Gasteiger partial charge < -0.3 is 4.84 Å². The van der Waals surface area contributed by atoms with Gasteiger partial charge >= 0.3 is 0 Å². The summed E-state index contributed by atoms with van der Waals surface area (Å²) in [5.41, 5.74) is 3.98. The van der Waals surface area contributed by atoms with Gasteiger partial charge in [0, 0.05) is 18.0 Å². The lowest BCUT2D eigenvalue weighted by Crippen LogP contribution is -2.11. The molecule has 0 spiro atoms. The van der Waals surface area contributed by atoms with Crippen LogP contribution >= 0.6 is 12.4 Å². The Balaban J connectivity index is 0.000000720. The van der Waals surface area contributed by atoms with Crippen LogP contribution in [0.4, 0.5) is 0 Å². The van der Waals surface area contributed by atoms with E-state index in [2.05, 4.69) is 15.4 Å². The number of rotatable bonds is 1. The number of hydroxylamine groups is 1. The fourth-order valence-corrected chi connectivity index (χ4v) is 1.12. The number of nitrogens with one attached hydrogen (secondary N) is 1. The van der Waals surface area contributed by atoms with E-state index < -0.39 is 0 Å². The van der Waals surface area contributed by atoms with Crippen LogP contribution in [0.1, 0.15) is 18.0 Å². The van der Waals surface area contributed by atoms with Gasteiger partial charge in [-0.05, 0) is 6.42 Å². The molecule has 0 aliphatic carbocycles. The molecule has 1 aliphatic heterocycles. The Morgan fingerprint density at radius 1 is 1.42 bits per heavy atom. The zero-order valence-corrected chi connectivity index (χ0v) is 7.25. The Bertz CT molecular complexity index is 225. The summed E-state index contributed by atoms with van der Waals surface area (Å²) >= 11 is 0. The Labute approximate surface area is 76.7 Å². The van der Waals surface area contributed by atoms with Gasteiger partial charge in [-0.2, -0.15) is 5.48 Å². The molecule has 2 heterocycles. The molecule has 1 fully saturated rings. The molecule has 0 radical (unpaired) electrons. The van der Waals surface area contributed by atoms with Crippen LogP contribution in [0.25, 0.3) is 0 Å². The maximum atomic E-state index is 5.01. The zero-order chi connectivity index (χ0) is 7.52. The molecule has 4 nitrogen and oxygen atoms in total. The van der Waals surface area contributed by atoms with Crippen molar-refractivity contribution < 1.29 is 4.84 Å². The van der Waals surface area contributed by atoms with E-state index in [1.54, 1.807) is 12.4 Å².